The molecule has 1 saturated heterocycles. The zero-order valence-electron chi connectivity index (χ0n) is 17.3. The Morgan fingerprint density at radius 3 is 2.32 bits per heavy atom. The lowest BCUT2D eigenvalue weighted by Gasteiger charge is -2.32. The number of aromatic nitrogens is 1. The quantitative estimate of drug-likeness (QED) is 0.599. The van der Waals surface area contributed by atoms with Crippen molar-refractivity contribution in [3.63, 3.8) is 0 Å². The number of anilines is 1. The predicted octanol–water partition coefficient (Wildman–Crippen LogP) is 4.35. The van der Waals surface area contributed by atoms with Crippen molar-refractivity contribution in [2.24, 2.45) is 5.92 Å². The van der Waals surface area contributed by atoms with Crippen LogP contribution in [0, 0.1) is 12.8 Å². The van der Waals surface area contributed by atoms with Crippen LogP contribution in [-0.2, 0) is 16.4 Å². The number of sulfonamides is 1. The molecule has 0 saturated carbocycles. The number of likely N-dealkylation sites (tertiary alicyclic amines) is 1. The minimum atomic E-state index is -3.73. The van der Waals surface area contributed by atoms with Crippen LogP contribution in [0.4, 0.5) is 5.13 Å². The molecule has 2 aromatic carbocycles. The van der Waals surface area contributed by atoms with Gasteiger partial charge in [0.15, 0.2) is 5.13 Å². The Kier molecular flexibility index (Phi) is 6.38. The number of piperidine rings is 1. The van der Waals surface area contributed by atoms with E-state index in [2.05, 4.69) is 34.0 Å². The van der Waals surface area contributed by atoms with Crippen molar-refractivity contribution in [2.45, 2.75) is 31.1 Å². The number of rotatable bonds is 6. The van der Waals surface area contributed by atoms with Crippen LogP contribution in [0.25, 0.3) is 0 Å². The van der Waals surface area contributed by atoms with E-state index in [4.69, 9.17) is 0 Å². The Balaban J connectivity index is 1.39. The molecule has 0 spiro atoms. The fourth-order valence-corrected chi connectivity index (χ4v) is 6.03. The van der Waals surface area contributed by atoms with Crippen LogP contribution in [-0.4, -0.2) is 37.3 Å². The van der Waals surface area contributed by atoms with Gasteiger partial charge in [0.2, 0.25) is 0 Å². The summed E-state index contributed by atoms with van der Waals surface area (Å²) >= 11 is 1.09. The molecule has 0 bridgehead atoms. The maximum absolute atomic E-state index is 13.1. The molecule has 2 heterocycles. The number of nitrogens with one attached hydrogen (secondary N) is 1. The van der Waals surface area contributed by atoms with Crippen molar-refractivity contribution < 1.29 is 13.2 Å². The molecular weight excluding hydrogens is 430 g/mol. The predicted molar refractivity (Wildman–Crippen MR) is 123 cm³/mol. The Morgan fingerprint density at radius 1 is 1.06 bits per heavy atom. The number of hydrogen-bond acceptors (Lipinski definition) is 5. The number of hydrogen-bond donors (Lipinski definition) is 1. The molecule has 4 rings (SSSR count). The van der Waals surface area contributed by atoms with E-state index in [1.165, 1.54) is 17.7 Å². The maximum atomic E-state index is 13.1. The Morgan fingerprint density at radius 2 is 1.68 bits per heavy atom. The van der Waals surface area contributed by atoms with E-state index in [9.17, 15) is 13.2 Å². The first-order chi connectivity index (χ1) is 14.9. The second-order valence-electron chi connectivity index (χ2n) is 7.78. The van der Waals surface area contributed by atoms with E-state index in [1.807, 2.05) is 11.0 Å². The number of carbonyl (C=O) groups is 1. The molecule has 1 aliphatic rings. The number of nitrogens with zero attached hydrogens (tertiary/aromatic N) is 2. The monoisotopic (exact) mass is 455 g/mol. The third kappa shape index (κ3) is 5.14. The van der Waals surface area contributed by atoms with Crippen molar-refractivity contribution in [1.29, 1.82) is 0 Å². The van der Waals surface area contributed by atoms with Crippen LogP contribution in [0.1, 0.15) is 33.8 Å². The molecule has 0 atom stereocenters. The molecular formula is C23H25N3O3S2. The zero-order chi connectivity index (χ0) is 21.8. The van der Waals surface area contributed by atoms with Crippen molar-refractivity contribution in [2.75, 3.05) is 17.8 Å². The summed E-state index contributed by atoms with van der Waals surface area (Å²) in [5.41, 5.74) is 1.88. The molecule has 0 aliphatic carbocycles. The van der Waals surface area contributed by atoms with Gasteiger partial charge in [-0.25, -0.2) is 13.4 Å². The summed E-state index contributed by atoms with van der Waals surface area (Å²) in [4.78, 5) is 19.9. The first kappa shape index (κ1) is 21.5. The van der Waals surface area contributed by atoms with Gasteiger partial charge < -0.3 is 4.90 Å². The third-order valence-electron chi connectivity index (χ3n) is 5.53. The molecule has 0 radical (unpaired) electrons. The lowest BCUT2D eigenvalue weighted by molar-refractivity contribution is 0.0694. The van der Waals surface area contributed by atoms with E-state index in [0.717, 1.165) is 30.6 Å². The summed E-state index contributed by atoms with van der Waals surface area (Å²) in [7, 11) is -3.73. The topological polar surface area (TPSA) is 79.4 Å². The third-order valence-corrected chi connectivity index (χ3v) is 8.08. The highest BCUT2D eigenvalue weighted by Crippen LogP contribution is 2.29. The van der Waals surface area contributed by atoms with E-state index < -0.39 is 10.0 Å². The molecule has 3 aromatic rings. The largest absolute Gasteiger partial charge is 0.338 e. The summed E-state index contributed by atoms with van der Waals surface area (Å²) in [5, 5.41) is 0.212. The van der Waals surface area contributed by atoms with Crippen LogP contribution < -0.4 is 4.72 Å². The number of thiazole rings is 1. The van der Waals surface area contributed by atoms with E-state index >= 15 is 0 Å². The minimum Gasteiger partial charge on any atom is -0.338 e. The van der Waals surface area contributed by atoms with Crippen LogP contribution in [0.5, 0.6) is 0 Å². The van der Waals surface area contributed by atoms with Gasteiger partial charge in [0.1, 0.15) is 4.88 Å². The second kappa shape index (κ2) is 9.20. The van der Waals surface area contributed by atoms with Gasteiger partial charge in [-0.3, -0.25) is 9.52 Å². The van der Waals surface area contributed by atoms with Crippen LogP contribution in [0.2, 0.25) is 0 Å². The average Bonchev–Trinajstić information content (AvgIpc) is 3.14. The Labute approximate surface area is 187 Å². The highest BCUT2D eigenvalue weighted by molar-refractivity contribution is 7.93. The van der Waals surface area contributed by atoms with Gasteiger partial charge in [0.25, 0.3) is 15.9 Å². The van der Waals surface area contributed by atoms with Crippen molar-refractivity contribution in [3.8, 4) is 0 Å². The van der Waals surface area contributed by atoms with Gasteiger partial charge in [-0.1, -0.05) is 59.9 Å². The maximum Gasteiger partial charge on any atom is 0.265 e. The van der Waals surface area contributed by atoms with Crippen molar-refractivity contribution >= 4 is 32.4 Å². The van der Waals surface area contributed by atoms with Crippen LogP contribution >= 0.6 is 11.3 Å². The molecule has 1 aliphatic heterocycles. The second-order valence-corrected chi connectivity index (χ2v) is 10.5. The number of carbonyl (C=O) groups excluding carboxylic acids is 1. The molecule has 1 amide bonds. The minimum absolute atomic E-state index is 0.0710. The standard InChI is InChI=1S/C23H25N3O3S2/c1-17-21(30-23(24-17)25-31(28,29)20-10-6-3-7-11-20)22(27)26-14-12-19(13-15-26)16-18-8-4-2-5-9-18/h2-11,19H,12-16H2,1H3,(H,24,25). The highest BCUT2D eigenvalue weighted by atomic mass is 32.2. The Bertz CT molecular complexity index is 1140. The molecule has 6 nitrogen and oxygen atoms in total. The number of amides is 1. The van der Waals surface area contributed by atoms with Gasteiger partial charge in [-0.15, -0.1) is 0 Å². The number of aryl methyl sites for hydroxylation is 1. The highest BCUT2D eigenvalue weighted by Gasteiger charge is 2.27. The summed E-state index contributed by atoms with van der Waals surface area (Å²) in [5.74, 6) is 0.501. The zero-order valence-corrected chi connectivity index (χ0v) is 19.0. The van der Waals surface area contributed by atoms with Gasteiger partial charge in [-0.2, -0.15) is 0 Å². The summed E-state index contributed by atoms with van der Waals surface area (Å²) < 4.78 is 27.6. The van der Waals surface area contributed by atoms with Gasteiger partial charge in [0, 0.05) is 13.1 Å². The van der Waals surface area contributed by atoms with Crippen molar-refractivity contribution in [1.82, 2.24) is 9.88 Å². The number of benzene rings is 2. The molecule has 162 valence electrons. The van der Waals surface area contributed by atoms with Gasteiger partial charge in [0.05, 0.1) is 10.6 Å². The van der Waals surface area contributed by atoms with Crippen LogP contribution in [0.15, 0.2) is 65.6 Å². The SMILES string of the molecule is Cc1nc(NS(=O)(=O)c2ccccc2)sc1C(=O)N1CCC(Cc2ccccc2)CC1. The molecule has 31 heavy (non-hydrogen) atoms. The van der Waals surface area contributed by atoms with Crippen molar-refractivity contribution in [3.05, 3.63) is 76.8 Å². The fraction of sp³-hybridized carbons (Fsp3) is 0.304. The first-order valence-electron chi connectivity index (χ1n) is 10.3. The lowest BCUT2D eigenvalue weighted by atomic mass is 9.90. The molecule has 8 heteroatoms. The molecule has 1 N–H and O–H groups in total. The van der Waals surface area contributed by atoms with E-state index in [0.29, 0.717) is 29.6 Å². The molecule has 1 fully saturated rings. The molecule has 1 aromatic heterocycles. The van der Waals surface area contributed by atoms with Crippen LogP contribution in [0.3, 0.4) is 0 Å². The smallest absolute Gasteiger partial charge is 0.265 e. The molecule has 0 unspecified atom stereocenters. The summed E-state index contributed by atoms with van der Waals surface area (Å²) in [6.07, 6.45) is 2.96. The summed E-state index contributed by atoms with van der Waals surface area (Å²) in [6, 6.07) is 18.6. The Hall–Kier alpha value is -2.71. The fourth-order valence-electron chi connectivity index (χ4n) is 3.84. The first-order valence-corrected chi connectivity index (χ1v) is 12.6. The van der Waals surface area contributed by atoms with Gasteiger partial charge in [-0.05, 0) is 49.8 Å². The lowest BCUT2D eigenvalue weighted by Crippen LogP contribution is -2.38. The van der Waals surface area contributed by atoms with E-state index in [-0.39, 0.29) is 15.9 Å². The van der Waals surface area contributed by atoms with Gasteiger partial charge >= 0.3 is 0 Å². The van der Waals surface area contributed by atoms with E-state index in [1.54, 1.807) is 25.1 Å². The normalized spacial score (nSPS) is 15.1. The summed E-state index contributed by atoms with van der Waals surface area (Å²) in [6.45, 7) is 3.16. The average molecular weight is 456 g/mol.